The Kier molecular flexibility index (Phi) is 5.53. The first-order valence-corrected chi connectivity index (χ1v) is 15.6. The van der Waals surface area contributed by atoms with E-state index in [1.165, 1.54) is 17.6 Å². The van der Waals surface area contributed by atoms with Gasteiger partial charge in [-0.25, -0.2) is 0 Å². The minimum atomic E-state index is -1.08. The van der Waals surface area contributed by atoms with Gasteiger partial charge in [0.25, 0.3) is 0 Å². The van der Waals surface area contributed by atoms with Crippen molar-refractivity contribution >= 4 is 57.1 Å². The van der Waals surface area contributed by atoms with Gasteiger partial charge in [0, 0.05) is 0 Å². The molecule has 1 aromatic rings. The van der Waals surface area contributed by atoms with Crippen molar-refractivity contribution in [2.45, 2.75) is 33.6 Å². The number of hydrogen-bond donors (Lipinski definition) is 0. The fourth-order valence-electron chi connectivity index (χ4n) is 3.47. The van der Waals surface area contributed by atoms with Crippen molar-refractivity contribution in [3.05, 3.63) is 63.3 Å². The number of benzene rings is 1. The summed E-state index contributed by atoms with van der Waals surface area (Å²) in [6, 6.07) is 8.75. The van der Waals surface area contributed by atoms with Crippen LogP contribution >= 0.6 is 1.16 Å². The first-order valence-electron chi connectivity index (χ1n) is 8.54. The maximum absolute atomic E-state index is 9.50. The van der Waals surface area contributed by atoms with Gasteiger partial charge in [-0.3, -0.25) is 0 Å². The summed E-state index contributed by atoms with van der Waals surface area (Å²) in [7, 11) is 0. The van der Waals surface area contributed by atoms with Gasteiger partial charge in [0.1, 0.15) is 0 Å². The molecule has 0 N–H and O–H groups in total. The third kappa shape index (κ3) is 3.11. The van der Waals surface area contributed by atoms with Gasteiger partial charge in [0.2, 0.25) is 0 Å². The number of fused-ring (bicyclic) bond motifs is 2. The Morgan fingerprint density at radius 1 is 1.21 bits per heavy atom. The van der Waals surface area contributed by atoms with E-state index in [-0.39, 0.29) is 5.70 Å². The number of nitriles is 1. The van der Waals surface area contributed by atoms with Gasteiger partial charge in [-0.15, -0.1) is 0 Å². The Morgan fingerprint density at radius 2 is 1.96 bits per heavy atom. The van der Waals surface area contributed by atoms with Crippen LogP contribution < -0.4 is 0 Å². The van der Waals surface area contributed by atoms with Crippen molar-refractivity contribution in [3.63, 3.8) is 0 Å². The van der Waals surface area contributed by atoms with E-state index < -0.39 is 45.0 Å². The molecule has 1 heterocycles. The molecule has 1 aliphatic carbocycles. The van der Waals surface area contributed by atoms with Crippen molar-refractivity contribution < 1.29 is 0 Å². The molecule has 1 aromatic carbocycles. The molecule has 0 saturated heterocycles. The summed E-state index contributed by atoms with van der Waals surface area (Å²) >= 11 is -1.08. The molecular weight excluding hydrogens is 338 g/mol. The first-order chi connectivity index (χ1) is 11.5. The zero-order valence-corrected chi connectivity index (χ0v) is 18.8. The summed E-state index contributed by atoms with van der Waals surface area (Å²) in [6.45, 7) is 16.3. The van der Waals surface area contributed by atoms with Gasteiger partial charge >= 0.3 is 171 Å². The second kappa shape index (κ2) is 7.31. The summed E-state index contributed by atoms with van der Waals surface area (Å²) in [5.74, 6) is 1.02. The van der Waals surface area contributed by atoms with Gasteiger partial charge < -0.3 is 0 Å². The Morgan fingerprint density at radius 3 is 2.54 bits per heavy atom. The normalized spacial score (nSPS) is 18.1. The van der Waals surface area contributed by atoms with Gasteiger partial charge in [-0.1, -0.05) is 0 Å². The first kappa shape index (κ1) is 18.2. The molecule has 114 valence electrons. The van der Waals surface area contributed by atoms with Gasteiger partial charge in [0.05, 0.1) is 0 Å². The van der Waals surface area contributed by atoms with Gasteiger partial charge in [0.15, 0.2) is 0 Å². The van der Waals surface area contributed by atoms with Crippen LogP contribution in [0.2, 0.25) is 0 Å². The fourth-order valence-corrected chi connectivity index (χ4v) is 13.4. The van der Waals surface area contributed by atoms with E-state index in [2.05, 4.69) is 62.9 Å². The quantitative estimate of drug-likeness (QED) is 0.284. The van der Waals surface area contributed by atoms with Crippen molar-refractivity contribution in [2.24, 2.45) is 5.92 Å². The molecule has 0 spiro atoms. The molecule has 0 bridgehead atoms. The Bertz CT molecular complexity index is 915. The second-order valence-corrected chi connectivity index (χ2v) is 14.5. The predicted molar refractivity (Wildman–Crippen MR) is 102 cm³/mol. The van der Waals surface area contributed by atoms with E-state index in [9.17, 15) is 5.26 Å². The number of nitrogens with zero attached hydrogens (tertiary/aromatic N) is 2. The Labute approximate surface area is 169 Å². The maximum atomic E-state index is 9.50. The van der Waals surface area contributed by atoms with Crippen LogP contribution in [0.15, 0.2) is 35.2 Å². The Balaban J connectivity index is 2.32. The van der Waals surface area contributed by atoms with Crippen LogP contribution in [-0.4, -0.2) is 45.0 Å². The zero-order chi connectivity index (χ0) is 17.4. The van der Waals surface area contributed by atoms with E-state index in [1.54, 1.807) is -0.332 Å². The SMILES string of the molecule is [C-]#[N+]/C(C#N)=C1\C2=C([P]=[K][C](C(C)C)=C2)c2ccc(C(C)C)cc21. The van der Waals surface area contributed by atoms with E-state index in [4.69, 9.17) is 6.57 Å². The van der Waals surface area contributed by atoms with Crippen LogP contribution in [0, 0.1) is 23.8 Å². The van der Waals surface area contributed by atoms with Crippen LogP contribution in [0.3, 0.4) is 0 Å². The third-order valence-electron chi connectivity index (χ3n) is 5.09. The van der Waals surface area contributed by atoms with E-state index in [1.807, 2.05) is 0 Å². The molecule has 4 radical (unpaired) electrons. The van der Waals surface area contributed by atoms with Gasteiger partial charge in [-0.05, 0) is 0 Å². The summed E-state index contributed by atoms with van der Waals surface area (Å²) in [4.78, 5) is 3.54. The van der Waals surface area contributed by atoms with Crippen molar-refractivity contribution in [1.82, 2.24) is 0 Å². The summed E-state index contributed by atoms with van der Waals surface area (Å²) < 4.78 is 3.11. The molecule has 2 aliphatic rings. The van der Waals surface area contributed by atoms with E-state index in [0.29, 0.717) is 11.8 Å². The fraction of sp³-hybridized carbons (Fsp3) is 0.300. The summed E-state index contributed by atoms with van der Waals surface area (Å²) in [5.41, 5.74) is 5.87. The Hall–Kier alpha value is -0.644. The molecule has 3 rings (SSSR count). The standard InChI is InChI=1S/C20H18N2P.K/c1-12(2)6-8-16-19(18(11-21)22-5)17-10-14(13(3)4)7-9-15(17)20(16)23;/h7-10,12-13H,1-4H3;/b8-6?,19-18+;. The number of rotatable bonds is 2. The summed E-state index contributed by atoms with van der Waals surface area (Å²) in [5, 5.41) is 10.9. The van der Waals surface area contributed by atoms with Crippen LogP contribution in [0.25, 0.3) is 15.7 Å². The van der Waals surface area contributed by atoms with Crippen LogP contribution in [0.5, 0.6) is 0 Å². The molecule has 0 unspecified atom stereocenters. The molecule has 0 saturated carbocycles. The molecule has 4 heteroatoms. The number of hydrogen-bond acceptors (Lipinski definition) is 1. The molecule has 0 atom stereocenters. The molecule has 24 heavy (non-hydrogen) atoms. The minimum absolute atomic E-state index is 0.231. The monoisotopic (exact) mass is 356 g/mol. The average Bonchev–Trinajstić information content (AvgIpc) is 2.89. The molecule has 0 aromatic heterocycles. The van der Waals surface area contributed by atoms with Crippen LogP contribution in [-0.2, 0) is 0 Å². The zero-order valence-electron chi connectivity index (χ0n) is 14.8. The average molecular weight is 356 g/mol. The number of allylic oxidation sites excluding steroid dienone is 5. The molecule has 0 amide bonds. The molecule has 2 nitrogen and oxygen atoms in total. The van der Waals surface area contributed by atoms with Crippen molar-refractivity contribution in [1.29, 1.82) is 5.26 Å². The molecule has 0 fully saturated rings. The van der Waals surface area contributed by atoms with Crippen molar-refractivity contribution in [2.75, 3.05) is 0 Å². The summed E-state index contributed by atoms with van der Waals surface area (Å²) in [6.07, 6.45) is 2.32. The van der Waals surface area contributed by atoms with Crippen molar-refractivity contribution in [3.8, 4) is 6.07 Å². The van der Waals surface area contributed by atoms with Crippen LogP contribution in [0.1, 0.15) is 50.3 Å². The van der Waals surface area contributed by atoms with Gasteiger partial charge in [-0.2, -0.15) is 0 Å². The molecule has 1 aliphatic heterocycles. The van der Waals surface area contributed by atoms with E-state index >= 15 is 0 Å². The van der Waals surface area contributed by atoms with E-state index in [0.717, 1.165) is 16.7 Å². The second-order valence-electron chi connectivity index (χ2n) is 7.16. The molecular formula is C20H18KN2P. The third-order valence-corrected chi connectivity index (χ3v) is 14.6. The topological polar surface area (TPSA) is 28.1 Å². The van der Waals surface area contributed by atoms with Crippen LogP contribution in [0.4, 0.5) is 0 Å². The predicted octanol–water partition coefficient (Wildman–Crippen LogP) is 5.81.